The maximum absolute atomic E-state index is 9.73. The molecule has 0 amide bonds. The summed E-state index contributed by atoms with van der Waals surface area (Å²) < 4.78 is 12.6. The summed E-state index contributed by atoms with van der Waals surface area (Å²) >= 11 is 0. The molecule has 0 fully saturated rings. The third kappa shape index (κ3) is 3.26. The maximum atomic E-state index is 9.73. The molecule has 0 radical (unpaired) electrons. The molecular weight excluding hydrogens is 244 g/mol. The lowest BCUT2D eigenvalue weighted by atomic mass is 10.1. The highest BCUT2D eigenvalue weighted by Gasteiger charge is 2.11. The van der Waals surface area contributed by atoms with Gasteiger partial charge in [0.2, 0.25) is 0 Å². The van der Waals surface area contributed by atoms with Crippen molar-refractivity contribution in [1.29, 1.82) is 0 Å². The fraction of sp³-hybridized carbons (Fsp3) is 0.357. The number of aromatic nitrogens is 2. The Morgan fingerprint density at radius 3 is 2.79 bits per heavy atom. The van der Waals surface area contributed by atoms with E-state index < -0.39 is 6.10 Å². The molecular formula is C14H18N2O3. The van der Waals surface area contributed by atoms with Crippen LogP contribution in [0, 0.1) is 0 Å². The number of methoxy groups -OCH3 is 1. The Morgan fingerprint density at radius 2 is 2.21 bits per heavy atom. The Kier molecular flexibility index (Phi) is 4.06. The maximum Gasteiger partial charge on any atom is 0.129 e. The van der Waals surface area contributed by atoms with Crippen molar-refractivity contribution in [2.45, 2.75) is 19.6 Å². The highest BCUT2D eigenvalue weighted by Crippen LogP contribution is 2.30. The predicted octanol–water partition coefficient (Wildman–Crippen LogP) is 2.06. The third-order valence-electron chi connectivity index (χ3n) is 2.82. The van der Waals surface area contributed by atoms with Gasteiger partial charge in [0.25, 0.3) is 0 Å². The van der Waals surface area contributed by atoms with Crippen molar-refractivity contribution in [3.8, 4) is 11.5 Å². The summed E-state index contributed by atoms with van der Waals surface area (Å²) in [4.78, 5) is 0. The number of aliphatic hydroxyl groups excluding tert-OH is 1. The molecule has 0 bridgehead atoms. The molecule has 19 heavy (non-hydrogen) atoms. The van der Waals surface area contributed by atoms with Crippen molar-refractivity contribution in [3.63, 3.8) is 0 Å². The van der Waals surface area contributed by atoms with Gasteiger partial charge in [0, 0.05) is 30.4 Å². The van der Waals surface area contributed by atoms with Crippen molar-refractivity contribution in [2.75, 3.05) is 7.11 Å². The van der Waals surface area contributed by atoms with E-state index >= 15 is 0 Å². The molecule has 5 heteroatoms. The largest absolute Gasteiger partial charge is 0.497 e. The molecule has 1 aromatic heterocycles. The van der Waals surface area contributed by atoms with E-state index in [1.54, 1.807) is 37.0 Å². The molecule has 0 unspecified atom stereocenters. The lowest BCUT2D eigenvalue weighted by Gasteiger charge is -2.14. The van der Waals surface area contributed by atoms with Crippen LogP contribution in [0.4, 0.5) is 0 Å². The van der Waals surface area contributed by atoms with Gasteiger partial charge in [0.05, 0.1) is 19.4 Å². The number of rotatable bonds is 5. The van der Waals surface area contributed by atoms with E-state index in [1.165, 1.54) is 0 Å². The number of benzene rings is 1. The van der Waals surface area contributed by atoms with Gasteiger partial charge in [-0.15, -0.1) is 0 Å². The van der Waals surface area contributed by atoms with E-state index in [9.17, 15) is 5.11 Å². The zero-order chi connectivity index (χ0) is 13.8. The minimum atomic E-state index is -0.588. The summed E-state index contributed by atoms with van der Waals surface area (Å²) in [5.74, 6) is 1.32. The van der Waals surface area contributed by atoms with Gasteiger partial charge in [-0.1, -0.05) is 0 Å². The highest BCUT2D eigenvalue weighted by atomic mass is 16.5. The van der Waals surface area contributed by atoms with Crippen LogP contribution in [0.15, 0.2) is 30.6 Å². The number of aryl methyl sites for hydroxylation is 1. The molecule has 1 atom stereocenters. The van der Waals surface area contributed by atoms with Crippen LogP contribution in [0.2, 0.25) is 0 Å². The fourth-order valence-electron chi connectivity index (χ4n) is 1.82. The Morgan fingerprint density at radius 1 is 1.42 bits per heavy atom. The van der Waals surface area contributed by atoms with Crippen LogP contribution < -0.4 is 9.47 Å². The normalized spacial score (nSPS) is 12.2. The van der Waals surface area contributed by atoms with Crippen molar-refractivity contribution >= 4 is 0 Å². The minimum absolute atomic E-state index is 0.403. The number of hydrogen-bond donors (Lipinski definition) is 1. The lowest BCUT2D eigenvalue weighted by molar-refractivity contribution is 0.190. The van der Waals surface area contributed by atoms with Gasteiger partial charge in [-0.3, -0.25) is 4.68 Å². The van der Waals surface area contributed by atoms with Crippen LogP contribution >= 0.6 is 0 Å². The molecule has 0 aliphatic heterocycles. The van der Waals surface area contributed by atoms with Crippen molar-refractivity contribution < 1.29 is 14.6 Å². The Balaban J connectivity index is 2.17. The van der Waals surface area contributed by atoms with Gasteiger partial charge in [0.15, 0.2) is 0 Å². The van der Waals surface area contributed by atoms with E-state index in [-0.39, 0.29) is 0 Å². The SMILES string of the molecule is COc1ccc([C@H](C)O)c(OCc2cnn(C)c2)c1. The zero-order valence-corrected chi connectivity index (χ0v) is 11.3. The Labute approximate surface area is 112 Å². The topological polar surface area (TPSA) is 56.5 Å². The molecule has 0 aliphatic rings. The second-order valence-corrected chi connectivity index (χ2v) is 4.39. The monoisotopic (exact) mass is 262 g/mol. The van der Waals surface area contributed by atoms with Gasteiger partial charge < -0.3 is 14.6 Å². The third-order valence-corrected chi connectivity index (χ3v) is 2.82. The summed E-state index contributed by atoms with van der Waals surface area (Å²) in [7, 11) is 3.46. The van der Waals surface area contributed by atoms with Crippen LogP contribution in [0.5, 0.6) is 11.5 Å². The molecule has 0 aliphatic carbocycles. The summed E-state index contributed by atoms with van der Waals surface area (Å²) in [6, 6.07) is 5.39. The Hall–Kier alpha value is -2.01. The van der Waals surface area contributed by atoms with Crippen molar-refractivity contribution in [2.24, 2.45) is 7.05 Å². The molecule has 0 spiro atoms. The van der Waals surface area contributed by atoms with Crippen molar-refractivity contribution in [1.82, 2.24) is 9.78 Å². The Bertz CT molecular complexity index is 549. The number of ether oxygens (including phenoxy) is 2. The van der Waals surface area contributed by atoms with Gasteiger partial charge in [0.1, 0.15) is 18.1 Å². The first-order valence-corrected chi connectivity index (χ1v) is 6.06. The predicted molar refractivity (Wildman–Crippen MR) is 71.2 cm³/mol. The molecule has 102 valence electrons. The molecule has 0 saturated heterocycles. The molecule has 5 nitrogen and oxygen atoms in total. The molecule has 1 N–H and O–H groups in total. The summed E-state index contributed by atoms with van der Waals surface area (Å²) in [5, 5.41) is 13.8. The molecule has 2 rings (SSSR count). The first-order valence-electron chi connectivity index (χ1n) is 6.06. The van der Waals surface area contributed by atoms with Crippen LogP contribution in [0.1, 0.15) is 24.2 Å². The van der Waals surface area contributed by atoms with Gasteiger partial charge >= 0.3 is 0 Å². The summed E-state index contributed by atoms with van der Waals surface area (Å²) in [6.07, 6.45) is 3.06. The number of nitrogens with zero attached hydrogens (tertiary/aromatic N) is 2. The smallest absolute Gasteiger partial charge is 0.129 e. The fourth-order valence-corrected chi connectivity index (χ4v) is 1.82. The average molecular weight is 262 g/mol. The quantitative estimate of drug-likeness (QED) is 0.896. The van der Waals surface area contributed by atoms with Crippen LogP contribution in [0.25, 0.3) is 0 Å². The highest BCUT2D eigenvalue weighted by molar-refractivity contribution is 5.41. The van der Waals surface area contributed by atoms with E-state index in [1.807, 2.05) is 19.3 Å². The summed E-state index contributed by atoms with van der Waals surface area (Å²) in [5.41, 5.74) is 1.71. The average Bonchev–Trinajstić information content (AvgIpc) is 2.81. The van der Waals surface area contributed by atoms with Gasteiger partial charge in [-0.25, -0.2) is 0 Å². The van der Waals surface area contributed by atoms with E-state index in [2.05, 4.69) is 5.10 Å². The number of hydrogen-bond acceptors (Lipinski definition) is 4. The second-order valence-electron chi connectivity index (χ2n) is 4.39. The van der Waals surface area contributed by atoms with Gasteiger partial charge in [-0.05, 0) is 19.1 Å². The second kappa shape index (κ2) is 5.75. The molecule has 1 heterocycles. The molecule has 0 saturated carbocycles. The number of aliphatic hydroxyl groups is 1. The molecule has 2 aromatic rings. The lowest BCUT2D eigenvalue weighted by Crippen LogP contribution is -2.01. The van der Waals surface area contributed by atoms with Crippen LogP contribution in [-0.4, -0.2) is 22.0 Å². The first kappa shape index (κ1) is 13.4. The van der Waals surface area contributed by atoms with Crippen LogP contribution in [0.3, 0.4) is 0 Å². The van der Waals surface area contributed by atoms with Gasteiger partial charge in [-0.2, -0.15) is 5.10 Å². The van der Waals surface area contributed by atoms with E-state index in [0.717, 1.165) is 11.1 Å². The molecule has 1 aromatic carbocycles. The van der Waals surface area contributed by atoms with E-state index in [0.29, 0.717) is 18.1 Å². The standard InChI is InChI=1S/C14H18N2O3/c1-10(17)13-5-4-12(18-3)6-14(13)19-9-11-7-15-16(2)8-11/h4-8,10,17H,9H2,1-3H3/t10-/m0/s1. The van der Waals surface area contributed by atoms with Crippen LogP contribution in [-0.2, 0) is 13.7 Å². The minimum Gasteiger partial charge on any atom is -0.497 e. The van der Waals surface area contributed by atoms with Crippen molar-refractivity contribution in [3.05, 3.63) is 41.7 Å². The summed E-state index contributed by atoms with van der Waals surface area (Å²) in [6.45, 7) is 2.11. The van der Waals surface area contributed by atoms with E-state index in [4.69, 9.17) is 9.47 Å². The first-order chi connectivity index (χ1) is 9.10. The zero-order valence-electron chi connectivity index (χ0n) is 11.3.